The summed E-state index contributed by atoms with van der Waals surface area (Å²) in [5.74, 6) is 1.41. The van der Waals surface area contributed by atoms with Crippen molar-refractivity contribution < 1.29 is 17.9 Å². The Morgan fingerprint density at radius 3 is 2.44 bits per heavy atom. The number of nitrogens with zero attached hydrogens (tertiary/aromatic N) is 5. The van der Waals surface area contributed by atoms with Crippen LogP contribution in [0, 0.1) is 18.3 Å². The number of sulfonamides is 1. The summed E-state index contributed by atoms with van der Waals surface area (Å²) < 4.78 is 41.1. The van der Waals surface area contributed by atoms with Gasteiger partial charge in [0.25, 0.3) is 10.0 Å². The number of aryl methyl sites for hydroxylation is 2. The van der Waals surface area contributed by atoms with Crippen molar-refractivity contribution in [1.29, 1.82) is 5.26 Å². The van der Waals surface area contributed by atoms with Gasteiger partial charge in [-0.3, -0.25) is 4.90 Å². The molecule has 0 spiro atoms. The van der Waals surface area contributed by atoms with Gasteiger partial charge in [0.2, 0.25) is 0 Å². The monoisotopic (exact) mass is 509 g/mol. The Morgan fingerprint density at radius 1 is 1.11 bits per heavy atom. The van der Waals surface area contributed by atoms with Gasteiger partial charge in [-0.1, -0.05) is 24.3 Å². The maximum Gasteiger partial charge on any atom is 0.262 e. The molecule has 4 rings (SSSR count). The lowest BCUT2D eigenvalue weighted by Gasteiger charge is -2.35. The van der Waals surface area contributed by atoms with Crippen LogP contribution in [0.2, 0.25) is 0 Å². The van der Waals surface area contributed by atoms with Gasteiger partial charge in [-0.05, 0) is 42.3 Å². The Hall–Kier alpha value is -3.23. The number of hydrogen-bond acceptors (Lipinski definition) is 7. The molecule has 0 bridgehead atoms. The van der Waals surface area contributed by atoms with E-state index in [9.17, 15) is 8.42 Å². The van der Waals surface area contributed by atoms with Gasteiger partial charge in [-0.25, -0.2) is 13.4 Å². The normalized spacial score (nSPS) is 15.9. The average Bonchev–Trinajstić information content (AvgIpc) is 3.25. The smallest absolute Gasteiger partial charge is 0.262 e. The maximum absolute atomic E-state index is 13.1. The summed E-state index contributed by atoms with van der Waals surface area (Å²) in [5, 5.41) is 9.12. The third-order valence-electron chi connectivity index (χ3n) is 6.45. The zero-order valence-corrected chi connectivity index (χ0v) is 21.6. The molecule has 0 saturated carbocycles. The van der Waals surface area contributed by atoms with Gasteiger partial charge >= 0.3 is 0 Å². The molecule has 2 heterocycles. The molecule has 0 N–H and O–H groups in total. The Balaban J connectivity index is 1.44. The van der Waals surface area contributed by atoms with Crippen molar-refractivity contribution in [2.45, 2.75) is 24.7 Å². The molecule has 0 amide bonds. The van der Waals surface area contributed by atoms with Crippen LogP contribution in [0.25, 0.3) is 0 Å². The van der Waals surface area contributed by atoms with Crippen LogP contribution in [0.5, 0.6) is 5.75 Å². The minimum Gasteiger partial charge on any atom is -0.497 e. The Labute approximate surface area is 212 Å². The van der Waals surface area contributed by atoms with E-state index in [2.05, 4.69) is 16.0 Å². The largest absolute Gasteiger partial charge is 0.497 e. The molecular weight excluding hydrogens is 478 g/mol. The van der Waals surface area contributed by atoms with Crippen molar-refractivity contribution in [3.63, 3.8) is 0 Å². The Morgan fingerprint density at radius 2 is 1.83 bits per heavy atom. The first-order valence-corrected chi connectivity index (χ1v) is 13.2. The van der Waals surface area contributed by atoms with Crippen molar-refractivity contribution in [2.75, 3.05) is 39.8 Å². The lowest BCUT2D eigenvalue weighted by molar-refractivity contribution is 0.00762. The van der Waals surface area contributed by atoms with Gasteiger partial charge in [0, 0.05) is 46.0 Å². The van der Waals surface area contributed by atoms with E-state index in [1.54, 1.807) is 44.0 Å². The molecular formula is C26H31N5O4S. The van der Waals surface area contributed by atoms with Gasteiger partial charge in [0.1, 0.15) is 11.6 Å². The van der Waals surface area contributed by atoms with Crippen molar-refractivity contribution >= 4 is 10.0 Å². The second-order valence-electron chi connectivity index (χ2n) is 8.83. The highest BCUT2D eigenvalue weighted by molar-refractivity contribution is 7.89. The average molecular weight is 510 g/mol. The highest BCUT2D eigenvalue weighted by Gasteiger charge is 2.31. The number of piperazine rings is 1. The molecule has 1 aliphatic rings. The Kier molecular flexibility index (Phi) is 8.06. The van der Waals surface area contributed by atoms with Crippen molar-refractivity contribution in [3.8, 4) is 11.8 Å². The molecule has 0 aliphatic carbocycles. The summed E-state index contributed by atoms with van der Waals surface area (Å²) in [4.78, 5) is 6.44. The molecule has 1 saturated heterocycles. The number of aromatic nitrogens is 2. The molecule has 1 fully saturated rings. The quantitative estimate of drug-likeness (QED) is 0.437. The molecule has 3 aromatic rings. The van der Waals surface area contributed by atoms with Crippen LogP contribution in [0.3, 0.4) is 0 Å². The molecule has 1 atom stereocenters. The van der Waals surface area contributed by atoms with Crippen LogP contribution in [0.4, 0.5) is 0 Å². The first kappa shape index (κ1) is 25.9. The lowest BCUT2D eigenvalue weighted by Crippen LogP contribution is -2.49. The number of methoxy groups -OCH3 is 1. The van der Waals surface area contributed by atoms with Gasteiger partial charge in [0.15, 0.2) is 5.03 Å². The molecule has 10 heteroatoms. The van der Waals surface area contributed by atoms with Crippen LogP contribution >= 0.6 is 0 Å². The van der Waals surface area contributed by atoms with E-state index < -0.39 is 10.0 Å². The number of hydrogen-bond donors (Lipinski definition) is 0. The first-order valence-electron chi connectivity index (χ1n) is 11.8. The van der Waals surface area contributed by atoms with Crippen LogP contribution < -0.4 is 4.74 Å². The summed E-state index contributed by atoms with van der Waals surface area (Å²) in [5.41, 5.74) is 2.57. The number of rotatable bonds is 9. The molecule has 2 aromatic carbocycles. The van der Waals surface area contributed by atoms with Crippen LogP contribution in [0.15, 0.2) is 59.8 Å². The second-order valence-corrected chi connectivity index (χ2v) is 10.7. The van der Waals surface area contributed by atoms with E-state index in [1.807, 2.05) is 36.4 Å². The van der Waals surface area contributed by atoms with Gasteiger partial charge < -0.3 is 14.0 Å². The third-order valence-corrected chi connectivity index (χ3v) is 8.22. The molecule has 36 heavy (non-hydrogen) atoms. The van der Waals surface area contributed by atoms with E-state index in [4.69, 9.17) is 14.7 Å². The fourth-order valence-corrected chi connectivity index (χ4v) is 5.59. The maximum atomic E-state index is 13.1. The number of benzene rings is 2. The van der Waals surface area contributed by atoms with E-state index in [0.717, 1.165) is 16.9 Å². The standard InChI is InChI=1S/C26H31N5O4S/c1-20-28-26(18-29(20)2)36(32,33)31-13-11-30(12-14-31)17-25(23-5-4-6-24(15-23)34-3)35-19-22-9-7-21(16-27)8-10-22/h4-10,15,18,25H,11-14,17,19H2,1-3H3/t25-/m0/s1. The fraction of sp³-hybridized carbons (Fsp3) is 0.385. The molecule has 190 valence electrons. The zero-order valence-electron chi connectivity index (χ0n) is 20.8. The van der Waals surface area contributed by atoms with Gasteiger partial charge in [0.05, 0.1) is 31.5 Å². The summed E-state index contributed by atoms with van der Waals surface area (Å²) in [7, 11) is -0.204. The van der Waals surface area contributed by atoms with Crippen LogP contribution in [-0.4, -0.2) is 67.0 Å². The van der Waals surface area contributed by atoms with Gasteiger partial charge in [-0.15, -0.1) is 0 Å². The summed E-state index contributed by atoms with van der Waals surface area (Å²) in [6.07, 6.45) is 1.32. The SMILES string of the molecule is COc1cccc([C@H](CN2CCN(S(=O)(=O)c3cn(C)c(C)n3)CC2)OCc2ccc(C#N)cc2)c1. The third kappa shape index (κ3) is 5.94. The number of nitriles is 1. The molecule has 0 radical (unpaired) electrons. The van der Waals surface area contributed by atoms with Crippen molar-refractivity contribution in [3.05, 3.63) is 77.2 Å². The zero-order chi connectivity index (χ0) is 25.7. The highest BCUT2D eigenvalue weighted by Crippen LogP contribution is 2.26. The fourth-order valence-electron chi connectivity index (χ4n) is 4.14. The minimum atomic E-state index is -3.62. The molecule has 1 aliphatic heterocycles. The van der Waals surface area contributed by atoms with Crippen molar-refractivity contribution in [2.24, 2.45) is 7.05 Å². The Bertz CT molecular complexity index is 1300. The predicted octanol–water partition coefficient (Wildman–Crippen LogP) is 2.87. The summed E-state index contributed by atoms with van der Waals surface area (Å²) in [6, 6.07) is 17.3. The summed E-state index contributed by atoms with van der Waals surface area (Å²) >= 11 is 0. The first-order chi connectivity index (χ1) is 17.3. The van der Waals surface area contributed by atoms with Gasteiger partial charge in [-0.2, -0.15) is 9.57 Å². The van der Waals surface area contributed by atoms with E-state index >= 15 is 0 Å². The molecule has 1 aromatic heterocycles. The predicted molar refractivity (Wildman–Crippen MR) is 135 cm³/mol. The van der Waals surface area contributed by atoms with E-state index in [1.165, 1.54) is 4.31 Å². The minimum absolute atomic E-state index is 0.0935. The second kappa shape index (κ2) is 11.2. The van der Waals surface area contributed by atoms with E-state index in [-0.39, 0.29) is 11.1 Å². The van der Waals surface area contributed by atoms with Crippen molar-refractivity contribution in [1.82, 2.24) is 18.8 Å². The molecule has 9 nitrogen and oxygen atoms in total. The summed E-state index contributed by atoms with van der Waals surface area (Å²) in [6.45, 7) is 4.74. The number of imidazole rings is 1. The highest BCUT2D eigenvalue weighted by atomic mass is 32.2. The van der Waals surface area contributed by atoms with E-state index in [0.29, 0.717) is 50.7 Å². The number of ether oxygens (including phenoxy) is 2. The van der Waals surface area contributed by atoms with Crippen LogP contribution in [0.1, 0.15) is 28.6 Å². The van der Waals surface area contributed by atoms with Crippen LogP contribution in [-0.2, 0) is 28.4 Å². The molecule has 0 unspecified atom stereocenters. The topological polar surface area (TPSA) is 101 Å². The lowest BCUT2D eigenvalue weighted by atomic mass is 10.1.